The Morgan fingerprint density at radius 3 is 2.71 bits per heavy atom. The lowest BCUT2D eigenvalue weighted by atomic mass is 9.81. The number of benzene rings is 1. The Hall–Kier alpha value is -1.30. The molecule has 130 valence electrons. The highest BCUT2D eigenvalue weighted by Gasteiger charge is 2.52. The number of nitrogens with zero attached hydrogens (tertiary/aromatic N) is 1. The highest BCUT2D eigenvalue weighted by molar-refractivity contribution is 6.42. The molecule has 3 rings (SSSR count). The van der Waals surface area contributed by atoms with E-state index in [4.69, 9.17) is 28.9 Å². The van der Waals surface area contributed by atoms with Gasteiger partial charge in [-0.1, -0.05) is 37.0 Å². The van der Waals surface area contributed by atoms with Gasteiger partial charge in [-0.05, 0) is 36.5 Å². The Morgan fingerprint density at radius 2 is 2.04 bits per heavy atom. The molecule has 0 aromatic heterocycles. The van der Waals surface area contributed by atoms with Gasteiger partial charge < -0.3 is 16.0 Å². The van der Waals surface area contributed by atoms with Gasteiger partial charge in [0.1, 0.15) is 0 Å². The zero-order valence-corrected chi connectivity index (χ0v) is 15.2. The van der Waals surface area contributed by atoms with Gasteiger partial charge in [0.25, 0.3) is 0 Å². The lowest BCUT2D eigenvalue weighted by Crippen LogP contribution is -2.46. The molecule has 0 radical (unpaired) electrons. The van der Waals surface area contributed by atoms with Gasteiger partial charge in [-0.3, -0.25) is 9.59 Å². The van der Waals surface area contributed by atoms with Gasteiger partial charge >= 0.3 is 0 Å². The van der Waals surface area contributed by atoms with Gasteiger partial charge in [0, 0.05) is 18.8 Å². The molecule has 0 unspecified atom stereocenters. The molecule has 2 heterocycles. The number of halogens is 2. The Bertz CT molecular complexity index is 707. The number of carbonyl (C=O) groups excluding carboxylic acids is 2. The van der Waals surface area contributed by atoms with Gasteiger partial charge in [-0.25, -0.2) is 0 Å². The van der Waals surface area contributed by atoms with Crippen LogP contribution in [0.4, 0.5) is 5.69 Å². The minimum atomic E-state index is -0.753. The van der Waals surface area contributed by atoms with Crippen molar-refractivity contribution in [2.45, 2.75) is 38.1 Å². The number of hydrogen-bond donors (Lipinski definition) is 2. The third-order valence-corrected chi connectivity index (χ3v) is 5.60. The van der Waals surface area contributed by atoms with Gasteiger partial charge in [0.05, 0.1) is 21.5 Å². The maximum absolute atomic E-state index is 12.6. The van der Waals surface area contributed by atoms with Crippen LogP contribution in [-0.2, 0) is 15.0 Å². The van der Waals surface area contributed by atoms with E-state index in [9.17, 15) is 9.59 Å². The van der Waals surface area contributed by atoms with Crippen LogP contribution < -0.4 is 11.1 Å². The molecular weight excluding hydrogens is 349 g/mol. The molecule has 2 amide bonds. The summed E-state index contributed by atoms with van der Waals surface area (Å²) in [4.78, 5) is 26.9. The summed E-state index contributed by atoms with van der Waals surface area (Å²) in [5, 5.41) is 3.68. The Labute approximate surface area is 151 Å². The molecule has 1 spiro atoms. The fourth-order valence-corrected chi connectivity index (χ4v) is 3.98. The van der Waals surface area contributed by atoms with E-state index in [1.165, 1.54) is 0 Å². The first-order valence-corrected chi connectivity index (χ1v) is 8.85. The average Bonchev–Trinajstić information content (AvgIpc) is 3.04. The molecule has 7 heteroatoms. The summed E-state index contributed by atoms with van der Waals surface area (Å²) in [6.07, 6.45) is 1.19. The molecule has 2 aliphatic rings. The molecule has 3 N–H and O–H groups in total. The first-order chi connectivity index (χ1) is 11.2. The van der Waals surface area contributed by atoms with Crippen LogP contribution in [0.25, 0.3) is 0 Å². The predicted molar refractivity (Wildman–Crippen MR) is 95.4 cm³/mol. The standard InChI is InChI=1S/C17H21Cl2N3O2/c1-9(2)5-13(20)15(23)22-4-3-17(8-22)10-6-11(18)12(19)7-14(10)21-16(17)24/h6-7,9,13H,3-5,8,20H2,1-2H3,(H,21,24)/t13-,17+/m0/s1. The van der Waals surface area contributed by atoms with Crippen molar-refractivity contribution in [2.24, 2.45) is 11.7 Å². The van der Waals surface area contributed by atoms with E-state index in [0.717, 1.165) is 5.56 Å². The molecule has 0 aliphatic carbocycles. The molecule has 2 aliphatic heterocycles. The average molecular weight is 370 g/mol. The first kappa shape index (κ1) is 17.5. The van der Waals surface area contributed by atoms with Crippen molar-refractivity contribution in [2.75, 3.05) is 18.4 Å². The maximum atomic E-state index is 12.6. The fourth-order valence-electron chi connectivity index (χ4n) is 3.66. The fraction of sp³-hybridized carbons (Fsp3) is 0.529. The molecular formula is C17H21Cl2N3O2. The maximum Gasteiger partial charge on any atom is 0.239 e. The second-order valence-corrected chi connectivity index (χ2v) is 7.91. The molecule has 0 saturated carbocycles. The van der Waals surface area contributed by atoms with Crippen molar-refractivity contribution < 1.29 is 9.59 Å². The van der Waals surface area contributed by atoms with Crippen molar-refractivity contribution in [3.05, 3.63) is 27.7 Å². The van der Waals surface area contributed by atoms with Crippen LogP contribution in [0.15, 0.2) is 12.1 Å². The third kappa shape index (κ3) is 2.79. The van der Waals surface area contributed by atoms with E-state index in [0.29, 0.717) is 47.6 Å². The Morgan fingerprint density at radius 1 is 1.38 bits per heavy atom. The molecule has 2 atom stereocenters. The minimum absolute atomic E-state index is 0.0955. The number of anilines is 1. The third-order valence-electron chi connectivity index (χ3n) is 4.88. The molecule has 1 fully saturated rings. The van der Waals surface area contributed by atoms with E-state index in [-0.39, 0.29) is 11.8 Å². The topological polar surface area (TPSA) is 75.4 Å². The van der Waals surface area contributed by atoms with Crippen LogP contribution in [0, 0.1) is 5.92 Å². The lowest BCUT2D eigenvalue weighted by Gasteiger charge is -2.25. The molecule has 1 saturated heterocycles. The van der Waals surface area contributed by atoms with E-state index in [1.54, 1.807) is 17.0 Å². The van der Waals surface area contributed by atoms with Crippen molar-refractivity contribution in [1.29, 1.82) is 0 Å². The largest absolute Gasteiger partial charge is 0.340 e. The van der Waals surface area contributed by atoms with Gasteiger partial charge in [0.15, 0.2) is 0 Å². The summed E-state index contributed by atoms with van der Waals surface area (Å²) in [7, 11) is 0. The highest BCUT2D eigenvalue weighted by Crippen LogP contribution is 2.46. The first-order valence-electron chi connectivity index (χ1n) is 8.10. The summed E-state index contributed by atoms with van der Waals surface area (Å²) in [5.41, 5.74) is 6.77. The zero-order chi connectivity index (χ0) is 17.6. The normalized spacial score (nSPS) is 23.8. The minimum Gasteiger partial charge on any atom is -0.340 e. The number of nitrogens with one attached hydrogen (secondary N) is 1. The van der Waals surface area contributed by atoms with Crippen LogP contribution in [-0.4, -0.2) is 35.8 Å². The van der Waals surface area contributed by atoms with Gasteiger partial charge in [-0.2, -0.15) is 0 Å². The van der Waals surface area contributed by atoms with Crippen LogP contribution in [0.5, 0.6) is 0 Å². The lowest BCUT2D eigenvalue weighted by molar-refractivity contribution is -0.132. The monoisotopic (exact) mass is 369 g/mol. The van der Waals surface area contributed by atoms with Gasteiger partial charge in [-0.15, -0.1) is 0 Å². The molecule has 1 aromatic carbocycles. The number of rotatable bonds is 3. The Kier molecular flexibility index (Phi) is 4.53. The van der Waals surface area contributed by atoms with Crippen LogP contribution in [0.3, 0.4) is 0 Å². The van der Waals surface area contributed by atoms with E-state index in [2.05, 4.69) is 5.32 Å². The highest BCUT2D eigenvalue weighted by atomic mass is 35.5. The summed E-state index contributed by atoms with van der Waals surface area (Å²) >= 11 is 12.2. The number of likely N-dealkylation sites (tertiary alicyclic amines) is 1. The van der Waals surface area contributed by atoms with Crippen LogP contribution >= 0.6 is 23.2 Å². The quantitative estimate of drug-likeness (QED) is 0.859. The summed E-state index contributed by atoms with van der Waals surface area (Å²) in [6.45, 7) is 4.90. The number of hydrogen-bond acceptors (Lipinski definition) is 3. The van der Waals surface area contributed by atoms with Gasteiger partial charge in [0.2, 0.25) is 11.8 Å². The van der Waals surface area contributed by atoms with Crippen molar-refractivity contribution in [3.63, 3.8) is 0 Å². The van der Waals surface area contributed by atoms with E-state index >= 15 is 0 Å². The zero-order valence-electron chi connectivity index (χ0n) is 13.7. The van der Waals surface area contributed by atoms with Crippen molar-refractivity contribution in [3.8, 4) is 0 Å². The second kappa shape index (κ2) is 6.21. The summed E-state index contributed by atoms with van der Waals surface area (Å²) in [6, 6.07) is 2.87. The molecule has 5 nitrogen and oxygen atoms in total. The summed E-state index contributed by atoms with van der Waals surface area (Å²) in [5.74, 6) is 0.141. The van der Waals surface area contributed by atoms with E-state index < -0.39 is 11.5 Å². The van der Waals surface area contributed by atoms with Crippen molar-refractivity contribution in [1.82, 2.24) is 4.90 Å². The molecule has 1 aromatic rings. The second-order valence-electron chi connectivity index (χ2n) is 7.09. The number of amides is 2. The molecule has 0 bridgehead atoms. The van der Waals surface area contributed by atoms with Crippen LogP contribution in [0.2, 0.25) is 10.0 Å². The predicted octanol–water partition coefficient (Wildman–Crippen LogP) is 2.79. The molecule has 24 heavy (non-hydrogen) atoms. The smallest absolute Gasteiger partial charge is 0.239 e. The number of fused-ring (bicyclic) bond motifs is 2. The van der Waals surface area contributed by atoms with Crippen LogP contribution in [0.1, 0.15) is 32.3 Å². The van der Waals surface area contributed by atoms with E-state index in [1.807, 2.05) is 13.8 Å². The SMILES string of the molecule is CC(C)C[C@H](N)C(=O)N1CC[C@]2(C1)C(=O)Nc1cc(Cl)c(Cl)cc12. The number of carbonyl (C=O) groups is 2. The van der Waals surface area contributed by atoms with Crippen molar-refractivity contribution >= 4 is 40.7 Å². The number of nitrogens with two attached hydrogens (primary N) is 1. The Balaban J connectivity index is 1.86. The summed E-state index contributed by atoms with van der Waals surface area (Å²) < 4.78 is 0.